The Hall–Kier alpha value is -1.26. The average molecular weight is 246 g/mol. The van der Waals surface area contributed by atoms with E-state index in [0.717, 1.165) is 24.4 Å². The van der Waals surface area contributed by atoms with Crippen LogP contribution >= 0.6 is 11.3 Å². The lowest BCUT2D eigenvalue weighted by molar-refractivity contribution is 0.250. The summed E-state index contributed by atoms with van der Waals surface area (Å²) >= 11 is 1.70. The quantitative estimate of drug-likeness (QED) is 0.905. The minimum absolute atomic E-state index is 0.152. The van der Waals surface area contributed by atoms with Crippen molar-refractivity contribution in [1.82, 2.24) is 9.97 Å². The van der Waals surface area contributed by atoms with Gasteiger partial charge in [-0.15, -0.1) is 11.3 Å². The number of thiophene rings is 1. The summed E-state index contributed by atoms with van der Waals surface area (Å²) in [5.41, 5.74) is 2.07. The van der Waals surface area contributed by atoms with Crippen LogP contribution in [0.2, 0.25) is 0 Å². The molecular weight excluding hydrogens is 232 g/mol. The number of aliphatic hydroxyl groups is 1. The zero-order valence-electron chi connectivity index (χ0n) is 9.68. The highest BCUT2D eigenvalue weighted by atomic mass is 32.1. The minimum atomic E-state index is -0.152. The highest BCUT2D eigenvalue weighted by molar-refractivity contribution is 7.13. The molecule has 0 spiro atoms. The maximum atomic E-state index is 9.41. The Labute approximate surface area is 104 Å². The first kappa shape index (κ1) is 10.9. The van der Waals surface area contributed by atoms with Crippen LogP contribution in [-0.2, 0) is 5.41 Å². The molecule has 3 nitrogen and oxygen atoms in total. The van der Waals surface area contributed by atoms with E-state index in [1.807, 2.05) is 6.07 Å². The highest BCUT2D eigenvalue weighted by Crippen LogP contribution is 2.46. The molecule has 2 heterocycles. The van der Waals surface area contributed by atoms with E-state index < -0.39 is 0 Å². The van der Waals surface area contributed by atoms with E-state index in [9.17, 15) is 5.11 Å². The SMILES string of the molecule is Cc1ccsc1-c1ccnc(C2(CO)CC2)n1. The molecule has 1 aliphatic rings. The smallest absolute Gasteiger partial charge is 0.137 e. The van der Waals surface area contributed by atoms with Crippen LogP contribution in [0.4, 0.5) is 0 Å². The number of nitrogens with zero attached hydrogens (tertiary/aromatic N) is 2. The second-order valence-corrected chi connectivity index (χ2v) is 5.55. The lowest BCUT2D eigenvalue weighted by Crippen LogP contribution is -2.16. The zero-order chi connectivity index (χ0) is 11.9. The molecule has 0 bridgehead atoms. The van der Waals surface area contributed by atoms with E-state index in [-0.39, 0.29) is 12.0 Å². The number of hydrogen-bond donors (Lipinski definition) is 1. The molecule has 1 fully saturated rings. The standard InChI is InChI=1S/C13H14N2OS/c1-9-3-7-17-11(9)10-2-6-14-12(15-10)13(8-16)4-5-13/h2-3,6-7,16H,4-5,8H2,1H3. The molecule has 3 rings (SSSR count). The van der Waals surface area contributed by atoms with Gasteiger partial charge in [0.05, 0.1) is 22.6 Å². The molecule has 17 heavy (non-hydrogen) atoms. The molecular formula is C13H14N2OS. The van der Waals surface area contributed by atoms with Gasteiger partial charge < -0.3 is 5.11 Å². The monoisotopic (exact) mass is 246 g/mol. The van der Waals surface area contributed by atoms with Crippen LogP contribution in [-0.4, -0.2) is 21.7 Å². The molecule has 0 atom stereocenters. The first-order chi connectivity index (χ1) is 8.25. The molecule has 1 N–H and O–H groups in total. The number of aromatic nitrogens is 2. The van der Waals surface area contributed by atoms with Gasteiger partial charge in [-0.05, 0) is 42.8 Å². The van der Waals surface area contributed by atoms with Gasteiger partial charge in [0.1, 0.15) is 5.82 Å². The highest BCUT2D eigenvalue weighted by Gasteiger charge is 2.46. The minimum Gasteiger partial charge on any atom is -0.395 e. The Morgan fingerprint density at radius 3 is 2.82 bits per heavy atom. The molecule has 2 aromatic heterocycles. The first-order valence-electron chi connectivity index (χ1n) is 5.74. The number of rotatable bonds is 3. The van der Waals surface area contributed by atoms with E-state index >= 15 is 0 Å². The van der Waals surface area contributed by atoms with Crippen LogP contribution in [0.1, 0.15) is 24.2 Å². The zero-order valence-corrected chi connectivity index (χ0v) is 10.5. The van der Waals surface area contributed by atoms with E-state index in [4.69, 9.17) is 0 Å². The van der Waals surface area contributed by atoms with Crippen molar-refractivity contribution in [3.8, 4) is 10.6 Å². The second-order valence-electron chi connectivity index (χ2n) is 4.64. The average Bonchev–Trinajstić information content (AvgIpc) is 3.06. The number of hydrogen-bond acceptors (Lipinski definition) is 4. The molecule has 0 aliphatic heterocycles. The van der Waals surface area contributed by atoms with Crippen LogP contribution in [0.3, 0.4) is 0 Å². The van der Waals surface area contributed by atoms with E-state index in [1.165, 1.54) is 10.4 Å². The summed E-state index contributed by atoms with van der Waals surface area (Å²) in [6, 6.07) is 4.04. The predicted molar refractivity (Wildman–Crippen MR) is 68.1 cm³/mol. The summed E-state index contributed by atoms with van der Waals surface area (Å²) in [7, 11) is 0. The van der Waals surface area contributed by atoms with Crippen LogP contribution in [0.15, 0.2) is 23.7 Å². The number of aliphatic hydroxyl groups excluding tert-OH is 1. The lowest BCUT2D eigenvalue weighted by atomic mass is 10.1. The third-order valence-electron chi connectivity index (χ3n) is 3.38. The molecule has 4 heteroatoms. The van der Waals surface area contributed by atoms with Crippen molar-refractivity contribution in [2.24, 2.45) is 0 Å². The van der Waals surface area contributed by atoms with Crippen LogP contribution in [0, 0.1) is 6.92 Å². The lowest BCUT2D eigenvalue weighted by Gasteiger charge is -2.10. The fraction of sp³-hybridized carbons (Fsp3) is 0.385. The first-order valence-corrected chi connectivity index (χ1v) is 6.62. The molecule has 0 amide bonds. The third-order valence-corrected chi connectivity index (χ3v) is 4.42. The summed E-state index contributed by atoms with van der Waals surface area (Å²) in [6.45, 7) is 2.24. The van der Waals surface area contributed by atoms with Gasteiger partial charge in [-0.2, -0.15) is 0 Å². The van der Waals surface area contributed by atoms with Crippen LogP contribution < -0.4 is 0 Å². The fourth-order valence-corrected chi connectivity index (χ4v) is 2.88. The largest absolute Gasteiger partial charge is 0.395 e. The summed E-state index contributed by atoms with van der Waals surface area (Å²) in [4.78, 5) is 10.1. The van der Waals surface area contributed by atoms with Crippen molar-refractivity contribution in [1.29, 1.82) is 0 Å². The summed E-state index contributed by atoms with van der Waals surface area (Å²) in [5.74, 6) is 0.797. The van der Waals surface area contributed by atoms with Crippen molar-refractivity contribution >= 4 is 11.3 Å². The van der Waals surface area contributed by atoms with Gasteiger partial charge in [0.25, 0.3) is 0 Å². The van der Waals surface area contributed by atoms with Gasteiger partial charge >= 0.3 is 0 Å². The molecule has 88 valence electrons. The van der Waals surface area contributed by atoms with E-state index in [0.29, 0.717) is 0 Å². The molecule has 0 saturated heterocycles. The van der Waals surface area contributed by atoms with Gasteiger partial charge in [0, 0.05) is 6.20 Å². The molecule has 1 saturated carbocycles. The normalized spacial score (nSPS) is 17.1. The summed E-state index contributed by atoms with van der Waals surface area (Å²) in [5, 5.41) is 11.5. The Kier molecular flexibility index (Phi) is 2.49. The van der Waals surface area contributed by atoms with Crippen molar-refractivity contribution in [2.45, 2.75) is 25.2 Å². The van der Waals surface area contributed by atoms with E-state index in [1.54, 1.807) is 17.5 Å². The molecule has 1 aliphatic carbocycles. The van der Waals surface area contributed by atoms with Crippen LogP contribution in [0.25, 0.3) is 10.6 Å². The Morgan fingerprint density at radius 2 is 2.24 bits per heavy atom. The number of aryl methyl sites for hydroxylation is 1. The predicted octanol–water partition coefficient (Wildman–Crippen LogP) is 2.54. The maximum absolute atomic E-state index is 9.41. The molecule has 2 aromatic rings. The topological polar surface area (TPSA) is 46.0 Å². The maximum Gasteiger partial charge on any atom is 0.137 e. The van der Waals surface area contributed by atoms with E-state index in [2.05, 4.69) is 28.3 Å². The van der Waals surface area contributed by atoms with Gasteiger partial charge in [-0.3, -0.25) is 0 Å². The van der Waals surface area contributed by atoms with Crippen molar-refractivity contribution < 1.29 is 5.11 Å². The molecule has 0 radical (unpaired) electrons. The van der Waals surface area contributed by atoms with Crippen molar-refractivity contribution in [3.63, 3.8) is 0 Å². The molecule has 0 unspecified atom stereocenters. The van der Waals surface area contributed by atoms with Gasteiger partial charge in [-0.25, -0.2) is 9.97 Å². The Balaban J connectivity index is 2.03. The fourth-order valence-electron chi connectivity index (χ4n) is 1.98. The second kappa shape index (κ2) is 3.89. The molecule has 0 aromatic carbocycles. The summed E-state index contributed by atoms with van der Waals surface area (Å²) < 4.78 is 0. The summed E-state index contributed by atoms with van der Waals surface area (Å²) in [6.07, 6.45) is 3.79. The Bertz CT molecular complexity index is 546. The van der Waals surface area contributed by atoms with Gasteiger partial charge in [-0.1, -0.05) is 0 Å². The van der Waals surface area contributed by atoms with Crippen molar-refractivity contribution in [3.05, 3.63) is 35.1 Å². The van der Waals surface area contributed by atoms with Gasteiger partial charge in [0.2, 0.25) is 0 Å². The Morgan fingerprint density at radius 1 is 1.41 bits per heavy atom. The van der Waals surface area contributed by atoms with Crippen molar-refractivity contribution in [2.75, 3.05) is 6.61 Å². The third kappa shape index (κ3) is 1.77. The van der Waals surface area contributed by atoms with Crippen LogP contribution in [0.5, 0.6) is 0 Å². The van der Waals surface area contributed by atoms with Gasteiger partial charge in [0.15, 0.2) is 0 Å².